The minimum Gasteiger partial charge on any atom is -0.316 e. The van der Waals surface area contributed by atoms with Crippen molar-refractivity contribution >= 4 is 0 Å². The van der Waals surface area contributed by atoms with Crippen molar-refractivity contribution in [2.45, 2.75) is 54.4 Å². The summed E-state index contributed by atoms with van der Waals surface area (Å²) >= 11 is 0. The maximum atomic E-state index is 3.61. The van der Waals surface area contributed by atoms with Crippen LogP contribution in [0.3, 0.4) is 0 Å². The van der Waals surface area contributed by atoms with Gasteiger partial charge >= 0.3 is 0 Å². The van der Waals surface area contributed by atoms with E-state index in [-0.39, 0.29) is 0 Å². The molecule has 1 N–H and O–H groups in total. The molecule has 90 valence electrons. The summed E-state index contributed by atoms with van der Waals surface area (Å²) < 4.78 is 0. The molecule has 0 atom stereocenters. The molecule has 0 saturated heterocycles. The Bertz CT molecular complexity index is 189. The van der Waals surface area contributed by atoms with Crippen molar-refractivity contribution in [3.8, 4) is 0 Å². The van der Waals surface area contributed by atoms with Gasteiger partial charge in [-0.25, -0.2) is 0 Å². The Hall–Kier alpha value is -0.0400. The highest BCUT2D eigenvalue weighted by atomic mass is 14.9. The van der Waals surface area contributed by atoms with Crippen molar-refractivity contribution in [3.05, 3.63) is 0 Å². The van der Waals surface area contributed by atoms with Gasteiger partial charge in [0.15, 0.2) is 0 Å². The fourth-order valence-corrected chi connectivity index (χ4v) is 2.73. The normalized spacial score (nSPS) is 23.4. The van der Waals surface area contributed by atoms with E-state index in [1.54, 1.807) is 0 Å². The third kappa shape index (κ3) is 2.75. The molecule has 0 heterocycles. The highest BCUT2D eigenvalue weighted by molar-refractivity contribution is 5.12. The summed E-state index contributed by atoms with van der Waals surface area (Å²) in [6.07, 6.45) is 2.68. The first-order valence-corrected chi connectivity index (χ1v) is 6.51. The van der Waals surface area contributed by atoms with Crippen molar-refractivity contribution in [2.24, 2.45) is 22.7 Å². The Labute approximate surface area is 96.0 Å². The number of rotatable bonds is 6. The van der Waals surface area contributed by atoms with Crippen molar-refractivity contribution in [1.29, 1.82) is 0 Å². The number of hydrogen-bond donors (Lipinski definition) is 1. The van der Waals surface area contributed by atoms with Crippen LogP contribution >= 0.6 is 0 Å². The van der Waals surface area contributed by atoms with E-state index < -0.39 is 0 Å². The van der Waals surface area contributed by atoms with E-state index in [0.29, 0.717) is 10.8 Å². The van der Waals surface area contributed by atoms with Crippen molar-refractivity contribution in [3.63, 3.8) is 0 Å². The molecule has 0 amide bonds. The summed E-state index contributed by atoms with van der Waals surface area (Å²) in [6, 6.07) is 0. The predicted molar refractivity (Wildman–Crippen MR) is 68.0 cm³/mol. The molecular weight excluding hydrogens is 182 g/mol. The molecule has 15 heavy (non-hydrogen) atoms. The maximum Gasteiger partial charge on any atom is -0.000989 e. The van der Waals surface area contributed by atoms with Crippen LogP contribution in [0.15, 0.2) is 0 Å². The molecule has 1 aliphatic carbocycles. The molecule has 0 spiro atoms. The minimum atomic E-state index is 0.540. The average Bonchev–Trinajstić information content (AvgIpc) is 2.45. The molecule has 0 bridgehead atoms. The van der Waals surface area contributed by atoms with Crippen molar-refractivity contribution in [2.75, 3.05) is 13.1 Å². The molecule has 0 aromatic heterocycles. The lowest BCUT2D eigenvalue weighted by molar-refractivity contribution is 0.457. The standard InChI is InChI=1S/C14H29N/c1-11(2)8-7-9-15-10-12-13(3,4)14(12,5)6/h11-12,15H,7-10H2,1-6H3. The largest absolute Gasteiger partial charge is 0.316 e. The van der Waals surface area contributed by atoms with E-state index in [1.807, 2.05) is 0 Å². The zero-order chi connectivity index (χ0) is 11.7. The molecule has 0 aromatic rings. The molecule has 1 rings (SSSR count). The third-order valence-electron chi connectivity index (χ3n) is 4.80. The Kier molecular flexibility index (Phi) is 3.86. The minimum absolute atomic E-state index is 0.540. The van der Waals surface area contributed by atoms with E-state index in [4.69, 9.17) is 0 Å². The van der Waals surface area contributed by atoms with Crippen LogP contribution in [0, 0.1) is 22.7 Å². The Morgan fingerprint density at radius 3 is 2.00 bits per heavy atom. The summed E-state index contributed by atoms with van der Waals surface area (Å²) in [4.78, 5) is 0. The first kappa shape index (κ1) is 13.0. The molecule has 1 nitrogen and oxygen atoms in total. The van der Waals surface area contributed by atoms with E-state index in [0.717, 1.165) is 11.8 Å². The molecule has 0 aliphatic heterocycles. The zero-order valence-corrected chi connectivity index (χ0v) is 11.5. The molecule has 1 fully saturated rings. The number of hydrogen-bond acceptors (Lipinski definition) is 1. The molecule has 0 aromatic carbocycles. The SMILES string of the molecule is CC(C)CCCNCC1C(C)(C)C1(C)C. The first-order chi connectivity index (χ1) is 6.80. The van der Waals surface area contributed by atoms with Gasteiger partial charge in [0, 0.05) is 0 Å². The maximum absolute atomic E-state index is 3.61. The van der Waals surface area contributed by atoms with Gasteiger partial charge in [-0.1, -0.05) is 41.5 Å². The Morgan fingerprint density at radius 1 is 1.07 bits per heavy atom. The van der Waals surface area contributed by atoms with E-state index in [9.17, 15) is 0 Å². The van der Waals surface area contributed by atoms with E-state index in [1.165, 1.54) is 25.9 Å². The second-order valence-corrected chi connectivity index (χ2v) is 6.74. The van der Waals surface area contributed by atoms with Crippen LogP contribution < -0.4 is 5.32 Å². The van der Waals surface area contributed by atoms with Crippen LogP contribution in [-0.2, 0) is 0 Å². The smallest absolute Gasteiger partial charge is 0.000989 e. The van der Waals surface area contributed by atoms with E-state index in [2.05, 4.69) is 46.9 Å². The van der Waals surface area contributed by atoms with Crippen LogP contribution in [0.5, 0.6) is 0 Å². The summed E-state index contributed by atoms with van der Waals surface area (Å²) in [5.74, 6) is 1.71. The summed E-state index contributed by atoms with van der Waals surface area (Å²) in [7, 11) is 0. The van der Waals surface area contributed by atoms with Crippen LogP contribution in [0.25, 0.3) is 0 Å². The summed E-state index contributed by atoms with van der Waals surface area (Å²) in [6.45, 7) is 16.6. The monoisotopic (exact) mass is 211 g/mol. The van der Waals surface area contributed by atoms with Gasteiger partial charge in [-0.2, -0.15) is 0 Å². The second kappa shape index (κ2) is 4.45. The quantitative estimate of drug-likeness (QED) is 0.661. The molecule has 1 saturated carbocycles. The molecule has 1 heteroatoms. The first-order valence-electron chi connectivity index (χ1n) is 6.51. The van der Waals surface area contributed by atoms with Gasteiger partial charge in [0.05, 0.1) is 0 Å². The van der Waals surface area contributed by atoms with Crippen LogP contribution in [0.1, 0.15) is 54.4 Å². The predicted octanol–water partition coefficient (Wildman–Crippen LogP) is 3.69. The zero-order valence-electron chi connectivity index (χ0n) is 11.5. The van der Waals surface area contributed by atoms with Gasteiger partial charge in [-0.3, -0.25) is 0 Å². The average molecular weight is 211 g/mol. The van der Waals surface area contributed by atoms with Gasteiger partial charge in [-0.05, 0) is 48.6 Å². The van der Waals surface area contributed by atoms with Gasteiger partial charge in [0.2, 0.25) is 0 Å². The molecule has 0 radical (unpaired) electrons. The lowest BCUT2D eigenvalue weighted by Gasteiger charge is -2.07. The fourth-order valence-electron chi connectivity index (χ4n) is 2.73. The van der Waals surface area contributed by atoms with Gasteiger partial charge in [-0.15, -0.1) is 0 Å². The highest BCUT2D eigenvalue weighted by Crippen LogP contribution is 2.67. The Balaban J connectivity index is 2.08. The summed E-state index contributed by atoms with van der Waals surface area (Å²) in [5, 5.41) is 3.61. The Morgan fingerprint density at radius 2 is 1.60 bits per heavy atom. The van der Waals surface area contributed by atoms with Gasteiger partial charge in [0.25, 0.3) is 0 Å². The van der Waals surface area contributed by atoms with Gasteiger partial charge < -0.3 is 5.32 Å². The molecule has 0 unspecified atom stereocenters. The van der Waals surface area contributed by atoms with Crippen LogP contribution in [0.4, 0.5) is 0 Å². The van der Waals surface area contributed by atoms with Crippen molar-refractivity contribution in [1.82, 2.24) is 5.32 Å². The van der Waals surface area contributed by atoms with Crippen LogP contribution in [-0.4, -0.2) is 13.1 Å². The lowest BCUT2D eigenvalue weighted by atomic mass is 10.0. The van der Waals surface area contributed by atoms with Crippen molar-refractivity contribution < 1.29 is 0 Å². The third-order valence-corrected chi connectivity index (χ3v) is 4.80. The topological polar surface area (TPSA) is 12.0 Å². The van der Waals surface area contributed by atoms with E-state index >= 15 is 0 Å². The summed E-state index contributed by atoms with van der Waals surface area (Å²) in [5.41, 5.74) is 1.08. The lowest BCUT2D eigenvalue weighted by Crippen LogP contribution is -2.20. The molecule has 1 aliphatic rings. The fraction of sp³-hybridized carbons (Fsp3) is 1.00. The highest BCUT2D eigenvalue weighted by Gasteiger charge is 2.63. The molecular formula is C14H29N. The number of nitrogens with one attached hydrogen (secondary N) is 1. The van der Waals surface area contributed by atoms with Crippen LogP contribution in [0.2, 0.25) is 0 Å². The second-order valence-electron chi connectivity index (χ2n) is 6.74. The van der Waals surface area contributed by atoms with Gasteiger partial charge in [0.1, 0.15) is 0 Å².